The number of aromatic nitrogens is 5. The van der Waals surface area contributed by atoms with E-state index in [9.17, 15) is 4.79 Å². The van der Waals surface area contributed by atoms with Crippen molar-refractivity contribution in [2.24, 2.45) is 0 Å². The molecule has 0 saturated heterocycles. The summed E-state index contributed by atoms with van der Waals surface area (Å²) < 4.78 is 17.6. The third-order valence-electron chi connectivity index (χ3n) is 5.71. The minimum atomic E-state index is -0.295. The number of pyridine rings is 1. The molecule has 0 unspecified atom stereocenters. The second kappa shape index (κ2) is 8.97. The molecule has 1 fully saturated rings. The number of imidazole rings is 1. The van der Waals surface area contributed by atoms with Crippen molar-refractivity contribution in [1.29, 1.82) is 0 Å². The maximum absolute atomic E-state index is 12.8. The van der Waals surface area contributed by atoms with Gasteiger partial charge < -0.3 is 19.3 Å². The number of nitrogens with one attached hydrogen (secondary N) is 1. The van der Waals surface area contributed by atoms with E-state index in [-0.39, 0.29) is 17.6 Å². The second-order valence-corrected chi connectivity index (χ2v) is 8.11. The van der Waals surface area contributed by atoms with Gasteiger partial charge in [-0.15, -0.1) is 0 Å². The first-order valence-electron chi connectivity index (χ1n) is 10.9. The van der Waals surface area contributed by atoms with Gasteiger partial charge in [-0.3, -0.25) is 9.36 Å². The van der Waals surface area contributed by atoms with Gasteiger partial charge in [0.05, 0.1) is 25.8 Å². The first-order chi connectivity index (χ1) is 16.6. The number of rotatable bonds is 8. The summed E-state index contributed by atoms with van der Waals surface area (Å²) in [5, 5.41) is 6.99. The zero-order chi connectivity index (χ0) is 23.7. The average Bonchev–Trinajstić information content (AvgIpc) is 3.39. The Morgan fingerprint density at radius 2 is 1.97 bits per heavy atom. The molecule has 1 aliphatic carbocycles. The Morgan fingerprint density at radius 3 is 2.68 bits per heavy atom. The van der Waals surface area contributed by atoms with Gasteiger partial charge in [0.15, 0.2) is 17.3 Å². The molecule has 1 aliphatic rings. The van der Waals surface area contributed by atoms with Crippen molar-refractivity contribution in [2.75, 3.05) is 14.2 Å². The molecule has 3 heterocycles. The van der Waals surface area contributed by atoms with Gasteiger partial charge in [0, 0.05) is 18.3 Å². The summed E-state index contributed by atoms with van der Waals surface area (Å²) in [7, 11) is 3.16. The Bertz CT molecular complexity index is 1310. The Hall–Kier alpha value is -4.21. The summed E-state index contributed by atoms with van der Waals surface area (Å²) in [4.78, 5) is 25.9. The van der Waals surface area contributed by atoms with E-state index in [0.717, 1.165) is 29.8 Å². The number of benzene rings is 1. The molecule has 0 aliphatic heterocycles. The predicted octanol–water partition coefficient (Wildman–Crippen LogP) is 3.70. The SMILES string of the molecule is COc1ccc([C@@H](C)NC(=O)c2cn(-c3ccc(-c4nc(C5CC5)no4)cn3)cn2)cc1OC. The van der Waals surface area contributed by atoms with Crippen LogP contribution in [0.25, 0.3) is 17.3 Å². The molecule has 10 nitrogen and oxygen atoms in total. The number of carbonyl (C=O) groups excluding carboxylic acids is 1. The fourth-order valence-corrected chi connectivity index (χ4v) is 3.57. The van der Waals surface area contributed by atoms with Crippen molar-refractivity contribution in [1.82, 2.24) is 30.0 Å². The topological polar surface area (TPSA) is 117 Å². The zero-order valence-corrected chi connectivity index (χ0v) is 19.1. The summed E-state index contributed by atoms with van der Waals surface area (Å²) >= 11 is 0. The highest BCUT2D eigenvalue weighted by molar-refractivity contribution is 5.92. The monoisotopic (exact) mass is 460 g/mol. The van der Waals surface area contributed by atoms with Gasteiger partial charge in [0.2, 0.25) is 0 Å². The third kappa shape index (κ3) is 4.34. The standard InChI is InChI=1S/C24H24N6O4/c1-14(16-6-8-19(32-2)20(10-16)33-3)27-23(31)18-12-30(13-26-18)21-9-7-17(11-25-21)24-28-22(29-34-24)15-4-5-15/h6-15H,4-5H2,1-3H3,(H,27,31)/t14-/m1/s1. The molecular formula is C24H24N6O4. The number of carbonyl (C=O) groups is 1. The van der Waals surface area contributed by atoms with Crippen molar-refractivity contribution < 1.29 is 18.8 Å². The Kier molecular flexibility index (Phi) is 5.70. The number of methoxy groups -OCH3 is 2. The molecule has 3 aromatic heterocycles. The van der Waals surface area contributed by atoms with Crippen LogP contribution < -0.4 is 14.8 Å². The van der Waals surface area contributed by atoms with Crippen molar-refractivity contribution in [3.8, 4) is 28.8 Å². The summed E-state index contributed by atoms with van der Waals surface area (Å²) in [6, 6.07) is 8.93. The lowest BCUT2D eigenvalue weighted by molar-refractivity contribution is 0.0935. The van der Waals surface area contributed by atoms with Gasteiger partial charge in [-0.05, 0) is 49.6 Å². The summed E-state index contributed by atoms with van der Waals surface area (Å²) in [6.45, 7) is 1.89. The molecule has 1 amide bonds. The third-order valence-corrected chi connectivity index (χ3v) is 5.71. The van der Waals surface area contributed by atoms with E-state index in [2.05, 4.69) is 25.4 Å². The Labute approximate surface area is 195 Å². The Morgan fingerprint density at radius 1 is 1.15 bits per heavy atom. The lowest BCUT2D eigenvalue weighted by Crippen LogP contribution is -2.27. The smallest absolute Gasteiger partial charge is 0.271 e. The molecule has 0 radical (unpaired) electrons. The average molecular weight is 460 g/mol. The van der Waals surface area contributed by atoms with E-state index < -0.39 is 0 Å². The van der Waals surface area contributed by atoms with Crippen LogP contribution in [0.1, 0.15) is 53.6 Å². The number of nitrogens with zero attached hydrogens (tertiary/aromatic N) is 5. The maximum Gasteiger partial charge on any atom is 0.271 e. The molecule has 174 valence electrons. The quantitative estimate of drug-likeness (QED) is 0.423. The Balaban J connectivity index is 1.26. The van der Waals surface area contributed by atoms with E-state index in [1.54, 1.807) is 37.5 Å². The minimum Gasteiger partial charge on any atom is -0.493 e. The van der Waals surface area contributed by atoms with Crippen LogP contribution in [-0.4, -0.2) is 44.8 Å². The number of hydrogen-bond acceptors (Lipinski definition) is 8. The van der Waals surface area contributed by atoms with Gasteiger partial charge in [-0.2, -0.15) is 4.98 Å². The van der Waals surface area contributed by atoms with Crippen LogP contribution in [0.3, 0.4) is 0 Å². The van der Waals surface area contributed by atoms with Gasteiger partial charge in [0.25, 0.3) is 11.8 Å². The molecule has 1 saturated carbocycles. The molecule has 1 aromatic carbocycles. The van der Waals surface area contributed by atoms with Crippen molar-refractivity contribution in [3.05, 3.63) is 66.1 Å². The first kappa shape index (κ1) is 21.6. The fourth-order valence-electron chi connectivity index (χ4n) is 3.57. The van der Waals surface area contributed by atoms with Crippen LogP contribution in [0.15, 0.2) is 53.6 Å². The van der Waals surface area contributed by atoms with Crippen LogP contribution in [0.5, 0.6) is 11.5 Å². The van der Waals surface area contributed by atoms with E-state index in [0.29, 0.717) is 29.1 Å². The molecule has 10 heteroatoms. The summed E-state index contributed by atoms with van der Waals surface area (Å²) in [5.41, 5.74) is 1.91. The van der Waals surface area contributed by atoms with E-state index in [1.807, 2.05) is 37.3 Å². The predicted molar refractivity (Wildman–Crippen MR) is 122 cm³/mol. The molecule has 1 atom stereocenters. The van der Waals surface area contributed by atoms with Crippen molar-refractivity contribution in [2.45, 2.75) is 31.7 Å². The van der Waals surface area contributed by atoms with Crippen LogP contribution in [0.2, 0.25) is 0 Å². The first-order valence-corrected chi connectivity index (χ1v) is 10.9. The highest BCUT2D eigenvalue weighted by atomic mass is 16.5. The lowest BCUT2D eigenvalue weighted by Gasteiger charge is -2.16. The highest BCUT2D eigenvalue weighted by Crippen LogP contribution is 2.38. The summed E-state index contributed by atoms with van der Waals surface area (Å²) in [5.74, 6) is 3.19. The highest BCUT2D eigenvalue weighted by Gasteiger charge is 2.29. The molecule has 0 spiro atoms. The van der Waals surface area contributed by atoms with E-state index in [4.69, 9.17) is 14.0 Å². The van der Waals surface area contributed by atoms with Gasteiger partial charge in [-0.25, -0.2) is 9.97 Å². The van der Waals surface area contributed by atoms with Gasteiger partial charge >= 0.3 is 0 Å². The minimum absolute atomic E-state index is 0.259. The number of hydrogen-bond donors (Lipinski definition) is 1. The molecule has 1 N–H and O–H groups in total. The van der Waals surface area contributed by atoms with Crippen molar-refractivity contribution in [3.63, 3.8) is 0 Å². The summed E-state index contributed by atoms with van der Waals surface area (Å²) in [6.07, 6.45) is 7.07. The second-order valence-electron chi connectivity index (χ2n) is 8.11. The maximum atomic E-state index is 12.8. The fraction of sp³-hybridized carbons (Fsp3) is 0.292. The van der Waals surface area contributed by atoms with Crippen LogP contribution in [-0.2, 0) is 0 Å². The van der Waals surface area contributed by atoms with Crippen LogP contribution in [0, 0.1) is 0 Å². The number of amides is 1. The van der Waals surface area contributed by atoms with Crippen LogP contribution in [0.4, 0.5) is 0 Å². The normalized spacial score (nSPS) is 14.0. The van der Waals surface area contributed by atoms with E-state index >= 15 is 0 Å². The van der Waals surface area contributed by atoms with Crippen molar-refractivity contribution >= 4 is 5.91 Å². The number of ether oxygens (including phenoxy) is 2. The van der Waals surface area contributed by atoms with Gasteiger partial charge in [0.1, 0.15) is 17.8 Å². The zero-order valence-electron chi connectivity index (χ0n) is 19.1. The van der Waals surface area contributed by atoms with E-state index in [1.165, 1.54) is 0 Å². The molecule has 4 aromatic rings. The van der Waals surface area contributed by atoms with Crippen LogP contribution >= 0.6 is 0 Å². The van der Waals surface area contributed by atoms with Gasteiger partial charge in [-0.1, -0.05) is 11.2 Å². The molecule has 0 bridgehead atoms. The molecule has 5 rings (SSSR count). The molecule has 34 heavy (non-hydrogen) atoms. The largest absolute Gasteiger partial charge is 0.493 e. The molecular weight excluding hydrogens is 436 g/mol. The lowest BCUT2D eigenvalue weighted by atomic mass is 10.1.